The van der Waals surface area contributed by atoms with Crippen LogP contribution in [0.4, 0.5) is 0 Å². The van der Waals surface area contributed by atoms with Crippen molar-refractivity contribution >= 4 is 5.78 Å². The topological polar surface area (TPSA) is 57.5 Å². The van der Waals surface area contributed by atoms with Gasteiger partial charge in [0.1, 0.15) is 11.5 Å². The Morgan fingerprint density at radius 2 is 1.41 bits per heavy atom. The lowest BCUT2D eigenvalue weighted by molar-refractivity contribution is -0.114. The summed E-state index contributed by atoms with van der Waals surface area (Å²) in [6, 6.07) is 14.1. The molecule has 3 nitrogen and oxygen atoms in total. The van der Waals surface area contributed by atoms with Crippen molar-refractivity contribution in [1.29, 1.82) is 0 Å². The highest BCUT2D eigenvalue weighted by atomic mass is 16.3. The molecule has 2 rings (SSSR count). The maximum absolute atomic E-state index is 11.4. The number of carbonyl (C=O) groups is 1. The predicted octanol–water partition coefficient (Wildman–Crippen LogP) is 4.16. The molecule has 2 N–H and O–H groups in total. The quantitative estimate of drug-likeness (QED) is 0.787. The van der Waals surface area contributed by atoms with Crippen molar-refractivity contribution in [2.24, 2.45) is 0 Å². The Bertz CT molecular complexity index is 594. The van der Waals surface area contributed by atoms with Crippen LogP contribution in [0.15, 0.2) is 60.7 Å². The summed E-state index contributed by atoms with van der Waals surface area (Å²) in [7, 11) is 0. The first-order valence-electron chi connectivity index (χ1n) is 7.37. The van der Waals surface area contributed by atoms with Gasteiger partial charge in [-0.1, -0.05) is 37.3 Å². The molecule has 2 aromatic carbocycles. The molecule has 0 atom stereocenters. The Balaban J connectivity index is 2.27. The van der Waals surface area contributed by atoms with Gasteiger partial charge in [-0.2, -0.15) is 0 Å². The molecular formula is C19H20O3. The molecule has 0 heterocycles. The highest BCUT2D eigenvalue weighted by Crippen LogP contribution is 2.30. The third kappa shape index (κ3) is 4.22. The first kappa shape index (κ1) is 15.8. The fraction of sp³-hybridized carbons (Fsp3) is 0.211. The minimum atomic E-state index is 0.0714. The van der Waals surface area contributed by atoms with Gasteiger partial charge in [0.05, 0.1) is 0 Å². The Hall–Kier alpha value is -2.55. The van der Waals surface area contributed by atoms with Crippen molar-refractivity contribution < 1.29 is 15.0 Å². The van der Waals surface area contributed by atoms with Crippen LogP contribution in [-0.2, 0) is 4.79 Å². The maximum Gasteiger partial charge on any atom is 0.155 e. The highest BCUT2D eigenvalue weighted by Gasteiger charge is 2.13. The molecule has 0 aliphatic heterocycles. The molecule has 0 unspecified atom stereocenters. The van der Waals surface area contributed by atoms with Crippen LogP contribution in [0.5, 0.6) is 11.5 Å². The van der Waals surface area contributed by atoms with Crippen LogP contribution in [-0.4, -0.2) is 16.0 Å². The van der Waals surface area contributed by atoms with E-state index in [-0.39, 0.29) is 23.2 Å². The average Bonchev–Trinajstić information content (AvgIpc) is 2.53. The standard InChI is InChI=1S/C19H20O3/c1-2-16(20)4-3-5-19(14-6-10-17(21)11-7-14)15-8-12-18(22)13-9-15/h3-4,6-13,19,21-22H,2,5H2,1H3/b4-3+. The number of aromatic hydroxyl groups is 2. The first-order valence-corrected chi connectivity index (χ1v) is 7.37. The lowest BCUT2D eigenvalue weighted by atomic mass is 9.88. The van der Waals surface area contributed by atoms with Crippen LogP contribution < -0.4 is 0 Å². The molecule has 0 aromatic heterocycles. The van der Waals surface area contributed by atoms with Crippen LogP contribution in [0.25, 0.3) is 0 Å². The fourth-order valence-electron chi connectivity index (χ4n) is 2.33. The van der Waals surface area contributed by atoms with Crippen LogP contribution in [0.1, 0.15) is 36.8 Å². The van der Waals surface area contributed by atoms with Crippen LogP contribution in [0.3, 0.4) is 0 Å². The van der Waals surface area contributed by atoms with Gasteiger partial charge in [0.25, 0.3) is 0 Å². The zero-order valence-electron chi connectivity index (χ0n) is 12.6. The number of allylic oxidation sites excluding steroid dienone is 2. The van der Waals surface area contributed by atoms with E-state index in [0.717, 1.165) is 11.1 Å². The van der Waals surface area contributed by atoms with Crippen molar-refractivity contribution in [3.63, 3.8) is 0 Å². The lowest BCUT2D eigenvalue weighted by Crippen LogP contribution is -2.00. The monoisotopic (exact) mass is 296 g/mol. The summed E-state index contributed by atoms with van der Waals surface area (Å²) in [6.07, 6.45) is 4.69. The molecule has 0 spiro atoms. The fourth-order valence-corrected chi connectivity index (χ4v) is 2.33. The molecule has 0 radical (unpaired) electrons. The lowest BCUT2D eigenvalue weighted by Gasteiger charge is -2.16. The van der Waals surface area contributed by atoms with Crippen molar-refractivity contribution in [1.82, 2.24) is 0 Å². The smallest absolute Gasteiger partial charge is 0.155 e. The van der Waals surface area contributed by atoms with E-state index >= 15 is 0 Å². The zero-order valence-corrected chi connectivity index (χ0v) is 12.6. The van der Waals surface area contributed by atoms with Gasteiger partial charge in [-0.3, -0.25) is 4.79 Å². The molecule has 0 saturated heterocycles. The van der Waals surface area contributed by atoms with Gasteiger partial charge in [0, 0.05) is 12.3 Å². The van der Waals surface area contributed by atoms with Gasteiger partial charge in [-0.25, -0.2) is 0 Å². The minimum absolute atomic E-state index is 0.0714. The van der Waals surface area contributed by atoms with E-state index in [1.54, 1.807) is 30.3 Å². The Morgan fingerprint density at radius 1 is 0.955 bits per heavy atom. The van der Waals surface area contributed by atoms with Crippen LogP contribution in [0, 0.1) is 0 Å². The molecular weight excluding hydrogens is 276 g/mol. The number of carbonyl (C=O) groups excluding carboxylic acids is 1. The predicted molar refractivity (Wildman–Crippen MR) is 87.1 cm³/mol. The summed E-state index contributed by atoms with van der Waals surface area (Å²) in [5.74, 6) is 0.632. The third-order valence-corrected chi connectivity index (χ3v) is 3.61. The number of hydrogen-bond acceptors (Lipinski definition) is 3. The normalized spacial score (nSPS) is 11.2. The third-order valence-electron chi connectivity index (χ3n) is 3.61. The second-order valence-electron chi connectivity index (χ2n) is 5.19. The van der Waals surface area contributed by atoms with E-state index in [4.69, 9.17) is 0 Å². The summed E-state index contributed by atoms with van der Waals surface area (Å²) in [6.45, 7) is 1.84. The van der Waals surface area contributed by atoms with Gasteiger partial charge in [0.15, 0.2) is 5.78 Å². The molecule has 0 amide bonds. The largest absolute Gasteiger partial charge is 0.508 e. The summed E-state index contributed by atoms with van der Waals surface area (Å²) in [5, 5.41) is 18.9. The highest BCUT2D eigenvalue weighted by molar-refractivity contribution is 5.89. The molecule has 114 valence electrons. The first-order chi connectivity index (χ1) is 10.6. The number of hydrogen-bond donors (Lipinski definition) is 2. The second-order valence-corrected chi connectivity index (χ2v) is 5.19. The van der Waals surface area contributed by atoms with E-state index in [1.165, 1.54) is 0 Å². The van der Waals surface area contributed by atoms with Gasteiger partial charge in [-0.05, 0) is 47.9 Å². The van der Waals surface area contributed by atoms with E-state index in [0.29, 0.717) is 12.8 Å². The van der Waals surface area contributed by atoms with E-state index in [9.17, 15) is 15.0 Å². The molecule has 0 saturated carbocycles. The molecule has 0 aliphatic rings. The second kappa shape index (κ2) is 7.46. The van der Waals surface area contributed by atoms with E-state index in [2.05, 4.69) is 0 Å². The Labute approximate surface area is 130 Å². The Morgan fingerprint density at radius 3 is 1.82 bits per heavy atom. The number of phenolic OH excluding ortho intramolecular Hbond substituents is 2. The van der Waals surface area contributed by atoms with Crippen molar-refractivity contribution in [2.75, 3.05) is 0 Å². The van der Waals surface area contributed by atoms with Gasteiger partial charge in [0.2, 0.25) is 0 Å². The van der Waals surface area contributed by atoms with Gasteiger partial charge in [-0.15, -0.1) is 0 Å². The molecule has 0 fully saturated rings. The van der Waals surface area contributed by atoms with Crippen molar-refractivity contribution in [3.05, 3.63) is 71.8 Å². The number of benzene rings is 2. The molecule has 2 aromatic rings. The maximum atomic E-state index is 11.4. The van der Waals surface area contributed by atoms with E-state index < -0.39 is 0 Å². The van der Waals surface area contributed by atoms with Gasteiger partial charge < -0.3 is 10.2 Å². The van der Waals surface area contributed by atoms with E-state index in [1.807, 2.05) is 37.3 Å². The molecule has 0 aliphatic carbocycles. The molecule has 3 heteroatoms. The van der Waals surface area contributed by atoms with Gasteiger partial charge >= 0.3 is 0 Å². The summed E-state index contributed by atoms with van der Waals surface area (Å²) < 4.78 is 0. The minimum Gasteiger partial charge on any atom is -0.508 e. The number of ketones is 1. The van der Waals surface area contributed by atoms with Crippen LogP contribution >= 0.6 is 0 Å². The summed E-state index contributed by atoms with van der Waals surface area (Å²) in [5.41, 5.74) is 2.11. The summed E-state index contributed by atoms with van der Waals surface area (Å²) >= 11 is 0. The Kier molecular flexibility index (Phi) is 5.37. The van der Waals surface area contributed by atoms with Crippen molar-refractivity contribution in [2.45, 2.75) is 25.7 Å². The SMILES string of the molecule is CCC(=O)/C=C/CC(c1ccc(O)cc1)c1ccc(O)cc1. The molecule has 0 bridgehead atoms. The number of rotatable bonds is 6. The molecule has 22 heavy (non-hydrogen) atoms. The average molecular weight is 296 g/mol. The number of phenols is 2. The van der Waals surface area contributed by atoms with Crippen LogP contribution in [0.2, 0.25) is 0 Å². The van der Waals surface area contributed by atoms with Crippen molar-refractivity contribution in [3.8, 4) is 11.5 Å². The zero-order chi connectivity index (χ0) is 15.9. The summed E-state index contributed by atoms with van der Waals surface area (Å²) in [4.78, 5) is 11.4.